The van der Waals surface area contributed by atoms with Crippen molar-refractivity contribution in [2.45, 2.75) is 35.8 Å². The van der Waals surface area contributed by atoms with Crippen LogP contribution in [0.1, 0.15) is 36.0 Å². The van der Waals surface area contributed by atoms with E-state index in [1.54, 1.807) is 60.7 Å². The summed E-state index contributed by atoms with van der Waals surface area (Å²) in [6.45, 7) is -0.0818. The molecule has 1 saturated carbocycles. The number of carbonyl (C=O) groups is 2. The van der Waals surface area contributed by atoms with Crippen molar-refractivity contribution in [3.05, 3.63) is 84.4 Å². The van der Waals surface area contributed by atoms with Gasteiger partial charge < -0.3 is 16.0 Å². The summed E-state index contributed by atoms with van der Waals surface area (Å²) in [5.41, 5.74) is 1.93. The molecule has 3 aromatic rings. The van der Waals surface area contributed by atoms with Crippen molar-refractivity contribution in [2.75, 3.05) is 22.5 Å². The van der Waals surface area contributed by atoms with Gasteiger partial charge in [0.25, 0.3) is 5.91 Å². The summed E-state index contributed by atoms with van der Waals surface area (Å²) in [7, 11) is -3.37. The minimum Gasteiger partial charge on any atom is -0.376 e. The second-order valence-electron chi connectivity index (χ2n) is 8.25. The van der Waals surface area contributed by atoms with Crippen molar-refractivity contribution in [1.29, 1.82) is 0 Å². The van der Waals surface area contributed by atoms with Crippen molar-refractivity contribution >= 4 is 38.7 Å². The minimum atomic E-state index is -3.37. The molecule has 0 aromatic heterocycles. The molecule has 1 fully saturated rings. The first-order valence-electron chi connectivity index (χ1n) is 11.3. The maximum absolute atomic E-state index is 12.9. The highest BCUT2D eigenvalue weighted by Crippen LogP contribution is 2.30. The monoisotopic (exact) mass is 477 g/mol. The van der Waals surface area contributed by atoms with Crippen LogP contribution in [-0.4, -0.2) is 32.0 Å². The van der Waals surface area contributed by atoms with Crippen LogP contribution in [0.4, 0.5) is 17.1 Å². The van der Waals surface area contributed by atoms with E-state index in [9.17, 15) is 18.0 Å². The first-order valence-corrected chi connectivity index (χ1v) is 12.8. The summed E-state index contributed by atoms with van der Waals surface area (Å²) in [5, 5.41) is 8.22. The van der Waals surface area contributed by atoms with Gasteiger partial charge in [0.15, 0.2) is 9.84 Å². The normalized spacial score (nSPS) is 13.9. The topological polar surface area (TPSA) is 104 Å². The molecule has 3 N–H and O–H groups in total. The molecule has 176 valence electrons. The average molecular weight is 478 g/mol. The van der Waals surface area contributed by atoms with Crippen LogP contribution >= 0.6 is 0 Å². The molecule has 2 amide bonds. The molecule has 0 bridgehead atoms. The fourth-order valence-electron chi connectivity index (χ4n) is 4.06. The van der Waals surface area contributed by atoms with Crippen LogP contribution in [-0.2, 0) is 14.6 Å². The Morgan fingerprint density at radius 1 is 0.794 bits per heavy atom. The maximum atomic E-state index is 12.9. The molecule has 3 aromatic carbocycles. The van der Waals surface area contributed by atoms with Gasteiger partial charge in [0.1, 0.15) is 0 Å². The molecule has 0 heterocycles. The molecule has 1 aliphatic carbocycles. The van der Waals surface area contributed by atoms with Crippen LogP contribution in [0.3, 0.4) is 0 Å². The number of nitrogens with one attached hydrogen (secondary N) is 3. The lowest BCUT2D eigenvalue weighted by Crippen LogP contribution is -2.24. The average Bonchev–Trinajstić information content (AvgIpc) is 3.40. The largest absolute Gasteiger partial charge is 0.376 e. The van der Waals surface area contributed by atoms with Gasteiger partial charge in [-0.2, -0.15) is 0 Å². The molecule has 0 aliphatic heterocycles. The van der Waals surface area contributed by atoms with Gasteiger partial charge in [-0.25, -0.2) is 8.42 Å². The molecule has 0 saturated heterocycles. The van der Waals surface area contributed by atoms with Crippen molar-refractivity contribution in [1.82, 2.24) is 0 Å². The second kappa shape index (κ2) is 10.5. The lowest BCUT2D eigenvalue weighted by atomic mass is 10.1. The standard InChI is InChI=1S/C26H27N3O4S/c30-25(18-27-20-11-8-14-22(17-20)34(32,33)21-12-4-5-13-21)29-24-16-7-6-15-23(24)26(31)28-19-9-2-1-3-10-19/h1-3,6-11,14-17,21,27H,4-5,12-13,18H2,(H,28,31)(H,29,30). The number of rotatable bonds is 8. The van der Waals surface area contributed by atoms with Gasteiger partial charge in [0.05, 0.1) is 27.9 Å². The number of carbonyl (C=O) groups excluding carboxylic acids is 2. The molecular formula is C26H27N3O4S. The molecule has 0 atom stereocenters. The zero-order valence-electron chi connectivity index (χ0n) is 18.7. The quantitative estimate of drug-likeness (QED) is 0.436. The van der Waals surface area contributed by atoms with E-state index in [1.165, 1.54) is 0 Å². The molecule has 7 nitrogen and oxygen atoms in total. The third-order valence-electron chi connectivity index (χ3n) is 5.83. The lowest BCUT2D eigenvalue weighted by Gasteiger charge is -2.14. The van der Waals surface area contributed by atoms with Crippen molar-refractivity contribution in [2.24, 2.45) is 0 Å². The molecule has 0 spiro atoms. The smallest absolute Gasteiger partial charge is 0.257 e. The summed E-state index contributed by atoms with van der Waals surface area (Å²) < 4.78 is 25.7. The van der Waals surface area contributed by atoms with Crippen LogP contribution < -0.4 is 16.0 Å². The Morgan fingerprint density at radius 2 is 1.47 bits per heavy atom. The third kappa shape index (κ3) is 5.63. The summed E-state index contributed by atoms with van der Waals surface area (Å²) in [4.78, 5) is 25.6. The Labute approximate surface area is 199 Å². The predicted octanol–water partition coefficient (Wildman–Crippen LogP) is 4.71. The second-order valence-corrected chi connectivity index (χ2v) is 10.5. The molecule has 0 radical (unpaired) electrons. The first kappa shape index (κ1) is 23.5. The van der Waals surface area contributed by atoms with Crippen molar-refractivity contribution < 1.29 is 18.0 Å². The van der Waals surface area contributed by atoms with E-state index in [2.05, 4.69) is 16.0 Å². The van der Waals surface area contributed by atoms with Crippen LogP contribution in [0, 0.1) is 0 Å². The van der Waals surface area contributed by atoms with Gasteiger partial charge in [-0.15, -0.1) is 0 Å². The SMILES string of the molecule is O=C(CNc1cccc(S(=O)(=O)C2CCCC2)c1)Nc1ccccc1C(=O)Nc1ccccc1. The van der Waals surface area contributed by atoms with E-state index in [0.29, 0.717) is 35.5 Å². The van der Waals surface area contributed by atoms with Gasteiger partial charge in [0.2, 0.25) is 5.91 Å². The number of amides is 2. The fraction of sp³-hybridized carbons (Fsp3) is 0.231. The summed E-state index contributed by atoms with van der Waals surface area (Å²) in [6, 6.07) is 22.4. The Bertz CT molecular complexity index is 1270. The Morgan fingerprint density at radius 3 is 2.24 bits per heavy atom. The van der Waals surface area contributed by atoms with Crippen molar-refractivity contribution in [3.8, 4) is 0 Å². The minimum absolute atomic E-state index is 0.0818. The number of hydrogen-bond donors (Lipinski definition) is 3. The highest BCUT2D eigenvalue weighted by Gasteiger charge is 2.30. The number of sulfone groups is 1. The van der Waals surface area contributed by atoms with E-state index >= 15 is 0 Å². The number of anilines is 3. The van der Waals surface area contributed by atoms with Crippen LogP contribution in [0.2, 0.25) is 0 Å². The predicted molar refractivity (Wildman–Crippen MR) is 134 cm³/mol. The Balaban J connectivity index is 1.39. The highest BCUT2D eigenvalue weighted by atomic mass is 32.2. The summed E-state index contributed by atoms with van der Waals surface area (Å²) in [6.07, 6.45) is 3.26. The molecule has 4 rings (SSSR count). The third-order valence-corrected chi connectivity index (χ3v) is 8.09. The van der Waals surface area contributed by atoms with Gasteiger partial charge in [-0.05, 0) is 55.3 Å². The van der Waals surface area contributed by atoms with Crippen molar-refractivity contribution in [3.63, 3.8) is 0 Å². The van der Waals surface area contributed by atoms with E-state index in [0.717, 1.165) is 12.8 Å². The number of hydrogen-bond acceptors (Lipinski definition) is 5. The van der Waals surface area contributed by atoms with E-state index in [4.69, 9.17) is 0 Å². The molecule has 0 unspecified atom stereocenters. The van der Waals surface area contributed by atoms with Crippen LogP contribution in [0.25, 0.3) is 0 Å². The zero-order chi connectivity index (χ0) is 24.0. The first-order chi connectivity index (χ1) is 16.4. The number of para-hydroxylation sites is 2. The lowest BCUT2D eigenvalue weighted by molar-refractivity contribution is -0.114. The number of benzene rings is 3. The van der Waals surface area contributed by atoms with Crippen LogP contribution in [0.5, 0.6) is 0 Å². The van der Waals surface area contributed by atoms with E-state index in [-0.39, 0.29) is 28.5 Å². The molecular weight excluding hydrogens is 450 g/mol. The van der Waals surface area contributed by atoms with Gasteiger partial charge in [-0.1, -0.05) is 49.2 Å². The molecule has 34 heavy (non-hydrogen) atoms. The molecule has 8 heteroatoms. The van der Waals surface area contributed by atoms with Gasteiger partial charge >= 0.3 is 0 Å². The Hall–Kier alpha value is -3.65. The fourth-order valence-corrected chi connectivity index (χ4v) is 5.96. The summed E-state index contributed by atoms with van der Waals surface area (Å²) in [5.74, 6) is -0.691. The van der Waals surface area contributed by atoms with E-state index in [1.807, 2.05) is 18.2 Å². The van der Waals surface area contributed by atoms with Gasteiger partial charge in [0, 0.05) is 11.4 Å². The van der Waals surface area contributed by atoms with E-state index < -0.39 is 9.84 Å². The van der Waals surface area contributed by atoms with Gasteiger partial charge in [-0.3, -0.25) is 9.59 Å². The Kier molecular flexibility index (Phi) is 7.27. The maximum Gasteiger partial charge on any atom is 0.257 e. The zero-order valence-corrected chi connectivity index (χ0v) is 19.5. The van der Waals surface area contributed by atoms with Crippen LogP contribution in [0.15, 0.2) is 83.8 Å². The summed E-state index contributed by atoms with van der Waals surface area (Å²) >= 11 is 0. The highest BCUT2D eigenvalue weighted by molar-refractivity contribution is 7.92. The molecule has 1 aliphatic rings.